The Kier molecular flexibility index (Phi) is 10.2. The number of nitrogens with zero attached hydrogens (tertiary/aromatic N) is 2. The van der Waals surface area contributed by atoms with E-state index in [0.717, 1.165) is 24.0 Å². The van der Waals surface area contributed by atoms with Gasteiger partial charge in [-0.25, -0.2) is 0 Å². The molecule has 2 amide bonds. The van der Waals surface area contributed by atoms with Gasteiger partial charge in [0, 0.05) is 43.4 Å². The Hall–Kier alpha value is -3.47. The molecule has 1 aromatic heterocycles. The van der Waals surface area contributed by atoms with E-state index in [2.05, 4.69) is 22.4 Å². The summed E-state index contributed by atoms with van der Waals surface area (Å²) >= 11 is 0. The summed E-state index contributed by atoms with van der Waals surface area (Å²) < 4.78 is 0. The van der Waals surface area contributed by atoms with Crippen molar-refractivity contribution in [2.45, 2.75) is 70.9 Å². The molecule has 0 radical (unpaired) electrons. The van der Waals surface area contributed by atoms with Crippen LogP contribution in [0.4, 0.5) is 0 Å². The second-order valence-electron chi connectivity index (χ2n) is 9.86. The number of pyridine rings is 1. The largest absolute Gasteiger partial charge is 0.355 e. The van der Waals surface area contributed by atoms with Gasteiger partial charge in [0.25, 0.3) is 0 Å². The number of carbonyl (C=O) groups is 2. The van der Waals surface area contributed by atoms with Gasteiger partial charge in [0.15, 0.2) is 0 Å². The van der Waals surface area contributed by atoms with Gasteiger partial charge in [0.2, 0.25) is 11.8 Å². The van der Waals surface area contributed by atoms with E-state index in [0.29, 0.717) is 13.0 Å². The zero-order chi connectivity index (χ0) is 25.9. The molecule has 2 atom stereocenters. The van der Waals surface area contributed by atoms with Crippen LogP contribution < -0.4 is 5.32 Å². The highest BCUT2D eigenvalue weighted by Gasteiger charge is 2.36. The lowest BCUT2D eigenvalue weighted by molar-refractivity contribution is -0.137. The fourth-order valence-corrected chi connectivity index (χ4v) is 4.91. The van der Waals surface area contributed by atoms with Crippen LogP contribution in [-0.4, -0.2) is 40.3 Å². The lowest BCUT2D eigenvalue weighted by atomic mass is 9.80. The smallest absolute Gasteiger partial charge is 0.231 e. The molecule has 5 heteroatoms. The van der Waals surface area contributed by atoms with Crippen molar-refractivity contribution in [1.82, 2.24) is 15.2 Å². The summed E-state index contributed by atoms with van der Waals surface area (Å²) in [6, 6.07) is 24.2. The monoisotopic (exact) mass is 485 g/mol. The highest BCUT2D eigenvalue weighted by molar-refractivity contribution is 5.85. The maximum atomic E-state index is 14.1. The van der Waals surface area contributed by atoms with E-state index in [1.807, 2.05) is 93.3 Å². The Morgan fingerprint density at radius 1 is 0.833 bits per heavy atom. The first kappa shape index (κ1) is 27.1. The molecule has 3 aromatic rings. The van der Waals surface area contributed by atoms with Gasteiger partial charge in [-0.3, -0.25) is 14.6 Å². The van der Waals surface area contributed by atoms with Crippen molar-refractivity contribution in [3.8, 4) is 0 Å². The Bertz CT molecular complexity index is 1060. The van der Waals surface area contributed by atoms with Crippen LogP contribution in [0.25, 0.3) is 0 Å². The molecule has 1 heterocycles. The van der Waals surface area contributed by atoms with Gasteiger partial charge in [-0.2, -0.15) is 0 Å². The summed E-state index contributed by atoms with van der Waals surface area (Å²) in [6.45, 7) is 8.56. The molecular weight excluding hydrogens is 446 g/mol. The average Bonchev–Trinajstić information content (AvgIpc) is 2.87. The number of aromatic nitrogens is 1. The molecule has 0 spiro atoms. The first-order valence-electron chi connectivity index (χ1n) is 13.0. The van der Waals surface area contributed by atoms with Crippen molar-refractivity contribution in [3.63, 3.8) is 0 Å². The van der Waals surface area contributed by atoms with Crippen LogP contribution in [0.2, 0.25) is 0 Å². The molecule has 2 unspecified atom stereocenters. The number of benzene rings is 2. The SMILES string of the molecule is CC(C)N(C(=O)C(c1cccnc1)C(CNC(=O)CCCc1ccccc1)c1ccccc1)C(C)C. The van der Waals surface area contributed by atoms with Gasteiger partial charge < -0.3 is 10.2 Å². The van der Waals surface area contributed by atoms with Gasteiger partial charge >= 0.3 is 0 Å². The van der Waals surface area contributed by atoms with Gasteiger partial charge in [-0.15, -0.1) is 0 Å². The van der Waals surface area contributed by atoms with Crippen LogP contribution in [0.5, 0.6) is 0 Å². The fraction of sp³-hybridized carbons (Fsp3) is 0.387. The lowest BCUT2D eigenvalue weighted by Gasteiger charge is -2.37. The molecule has 190 valence electrons. The minimum atomic E-state index is -0.462. The first-order chi connectivity index (χ1) is 17.4. The standard InChI is InChI=1S/C31H39N3O2/c1-23(2)34(24(3)4)31(36)30(27-18-12-20-32-21-27)28(26-16-9-6-10-17-26)22-33-29(35)19-11-15-25-13-7-5-8-14-25/h5-10,12-14,16-18,20-21,23-24,28,30H,11,15,19,22H2,1-4H3,(H,33,35). The molecule has 1 N–H and O–H groups in total. The van der Waals surface area contributed by atoms with E-state index < -0.39 is 5.92 Å². The lowest BCUT2D eigenvalue weighted by Crippen LogP contribution is -2.47. The predicted molar refractivity (Wildman–Crippen MR) is 146 cm³/mol. The Morgan fingerprint density at radius 2 is 1.44 bits per heavy atom. The van der Waals surface area contributed by atoms with Crippen LogP contribution in [0.1, 0.15) is 69.1 Å². The first-order valence-corrected chi connectivity index (χ1v) is 13.0. The molecule has 0 aliphatic rings. The van der Waals surface area contributed by atoms with Crippen molar-refractivity contribution in [1.29, 1.82) is 0 Å². The van der Waals surface area contributed by atoms with Gasteiger partial charge in [0.05, 0.1) is 5.92 Å². The number of aryl methyl sites for hydroxylation is 1. The van der Waals surface area contributed by atoms with Crippen molar-refractivity contribution in [3.05, 3.63) is 102 Å². The highest BCUT2D eigenvalue weighted by Crippen LogP contribution is 2.35. The third-order valence-corrected chi connectivity index (χ3v) is 6.54. The molecule has 0 saturated carbocycles. The minimum absolute atomic E-state index is 0.00817. The van der Waals surface area contributed by atoms with Crippen LogP contribution in [-0.2, 0) is 16.0 Å². The molecule has 0 aliphatic carbocycles. The van der Waals surface area contributed by atoms with E-state index in [1.165, 1.54) is 5.56 Å². The second kappa shape index (κ2) is 13.6. The van der Waals surface area contributed by atoms with Gasteiger partial charge in [0.1, 0.15) is 0 Å². The predicted octanol–water partition coefficient (Wildman–Crippen LogP) is 5.73. The van der Waals surface area contributed by atoms with Crippen molar-refractivity contribution in [2.24, 2.45) is 0 Å². The summed E-state index contributed by atoms with van der Waals surface area (Å²) in [6.07, 6.45) is 5.60. The summed E-state index contributed by atoms with van der Waals surface area (Å²) in [5.74, 6) is -0.620. The van der Waals surface area contributed by atoms with Crippen LogP contribution in [0.15, 0.2) is 85.2 Å². The molecule has 2 aromatic carbocycles. The van der Waals surface area contributed by atoms with E-state index in [9.17, 15) is 9.59 Å². The van der Waals surface area contributed by atoms with E-state index in [-0.39, 0.29) is 29.8 Å². The molecule has 5 nitrogen and oxygen atoms in total. The zero-order valence-corrected chi connectivity index (χ0v) is 21.9. The third-order valence-electron chi connectivity index (χ3n) is 6.54. The molecule has 0 aliphatic heterocycles. The van der Waals surface area contributed by atoms with E-state index in [4.69, 9.17) is 0 Å². The molecule has 0 bridgehead atoms. The number of carbonyl (C=O) groups excluding carboxylic acids is 2. The van der Waals surface area contributed by atoms with E-state index >= 15 is 0 Å². The Balaban J connectivity index is 1.83. The van der Waals surface area contributed by atoms with Crippen molar-refractivity contribution in [2.75, 3.05) is 6.54 Å². The summed E-state index contributed by atoms with van der Waals surface area (Å²) in [7, 11) is 0. The highest BCUT2D eigenvalue weighted by atomic mass is 16.2. The molecule has 0 saturated heterocycles. The number of amides is 2. The Morgan fingerprint density at radius 3 is 2.03 bits per heavy atom. The maximum absolute atomic E-state index is 14.1. The normalized spacial score (nSPS) is 12.8. The number of hydrogen-bond donors (Lipinski definition) is 1. The number of nitrogens with one attached hydrogen (secondary N) is 1. The molecule has 0 fully saturated rings. The van der Waals surface area contributed by atoms with Crippen LogP contribution in [0.3, 0.4) is 0 Å². The molecule has 36 heavy (non-hydrogen) atoms. The number of rotatable bonds is 12. The average molecular weight is 486 g/mol. The fourth-order valence-electron chi connectivity index (χ4n) is 4.91. The summed E-state index contributed by atoms with van der Waals surface area (Å²) in [5, 5.41) is 3.14. The molecular formula is C31H39N3O2. The van der Waals surface area contributed by atoms with Crippen LogP contribution in [0, 0.1) is 0 Å². The van der Waals surface area contributed by atoms with E-state index in [1.54, 1.807) is 12.4 Å². The second-order valence-corrected chi connectivity index (χ2v) is 9.86. The quantitative estimate of drug-likeness (QED) is 0.356. The maximum Gasteiger partial charge on any atom is 0.231 e. The van der Waals surface area contributed by atoms with Gasteiger partial charge in [-0.1, -0.05) is 66.7 Å². The van der Waals surface area contributed by atoms with Crippen LogP contribution >= 0.6 is 0 Å². The summed E-state index contributed by atoms with van der Waals surface area (Å²) in [5.41, 5.74) is 3.12. The third kappa shape index (κ3) is 7.51. The number of hydrogen-bond acceptors (Lipinski definition) is 3. The van der Waals surface area contributed by atoms with Crippen molar-refractivity contribution >= 4 is 11.8 Å². The Labute approximate surface area is 216 Å². The van der Waals surface area contributed by atoms with Crippen molar-refractivity contribution < 1.29 is 9.59 Å². The zero-order valence-electron chi connectivity index (χ0n) is 21.9. The minimum Gasteiger partial charge on any atom is -0.355 e. The summed E-state index contributed by atoms with van der Waals surface area (Å²) in [4.78, 5) is 33.2. The van der Waals surface area contributed by atoms with Gasteiger partial charge in [-0.05, 0) is 63.3 Å². The molecule has 3 rings (SSSR count). The topological polar surface area (TPSA) is 62.3 Å².